The third-order valence-electron chi connectivity index (χ3n) is 0. The van der Waals surface area contributed by atoms with Crippen LogP contribution in [0, 0.1) is 0 Å². The van der Waals surface area contributed by atoms with Crippen LogP contribution in [0.2, 0.25) is 0 Å². The van der Waals surface area contributed by atoms with Crippen LogP contribution in [0.3, 0.4) is 0 Å². The molecule has 0 rings (SSSR count). The SMILES string of the molecule is O=P([O-])(O)O.[Br-].[K+].[Na+]. The van der Waals surface area contributed by atoms with E-state index >= 15 is 0 Å². The van der Waals surface area contributed by atoms with E-state index < -0.39 is 7.82 Å². The molecule has 0 atom stereocenters. The summed E-state index contributed by atoms with van der Waals surface area (Å²) in [6.07, 6.45) is 0. The van der Waals surface area contributed by atoms with Gasteiger partial charge in [-0.2, -0.15) is 0 Å². The number of rotatable bonds is 0. The molecule has 0 fully saturated rings. The molecule has 0 spiro atoms. The Morgan fingerprint density at radius 2 is 1.38 bits per heavy atom. The van der Waals surface area contributed by atoms with Gasteiger partial charge in [0.2, 0.25) is 0 Å². The summed E-state index contributed by atoms with van der Waals surface area (Å²) in [5, 5.41) is 0. The predicted octanol–water partition coefficient (Wildman–Crippen LogP) is -10.5. The number of hydrogen-bond donors (Lipinski definition) is 2. The molecular formula is H2BrKNaO4P. The summed E-state index contributed by atoms with van der Waals surface area (Å²) in [6, 6.07) is 0. The van der Waals surface area contributed by atoms with E-state index in [1.165, 1.54) is 0 Å². The first-order valence-corrected chi connectivity index (χ1v) is 2.30. The van der Waals surface area contributed by atoms with Crippen LogP contribution in [-0.2, 0) is 4.57 Å². The molecule has 2 N–H and O–H groups in total. The van der Waals surface area contributed by atoms with Gasteiger partial charge in [0.25, 0.3) is 7.82 Å². The van der Waals surface area contributed by atoms with Crippen molar-refractivity contribution in [3.05, 3.63) is 0 Å². The van der Waals surface area contributed by atoms with Crippen molar-refractivity contribution in [2.45, 2.75) is 0 Å². The van der Waals surface area contributed by atoms with Gasteiger partial charge in [-0.05, 0) is 0 Å². The maximum Gasteiger partial charge on any atom is 1.00 e. The first-order valence-electron chi connectivity index (χ1n) is 0.765. The fourth-order valence-electron chi connectivity index (χ4n) is 0. The molecule has 0 aromatic heterocycles. The van der Waals surface area contributed by atoms with Gasteiger partial charge in [-0.15, -0.1) is 0 Å². The van der Waals surface area contributed by atoms with Crippen LogP contribution in [0.1, 0.15) is 0 Å². The first kappa shape index (κ1) is 22.5. The number of halogens is 1. The molecule has 40 valence electrons. The van der Waals surface area contributed by atoms with E-state index in [0.29, 0.717) is 0 Å². The largest absolute Gasteiger partial charge is 1.00 e. The summed E-state index contributed by atoms with van der Waals surface area (Å²) >= 11 is 0. The van der Waals surface area contributed by atoms with Gasteiger partial charge in [0, 0.05) is 0 Å². The van der Waals surface area contributed by atoms with Crippen molar-refractivity contribution in [1.29, 1.82) is 0 Å². The Bertz CT molecular complexity index is 62.2. The standard InChI is InChI=1S/BrH.K.Na.H3O4P/c;;;1-5(2,3)4/h1H;;;(H3,1,2,3,4)/q;2*+1;/p-2. The Kier molecular flexibility index (Phi) is 28.7. The Labute approximate surface area is 122 Å². The minimum absolute atomic E-state index is 0. The van der Waals surface area contributed by atoms with Gasteiger partial charge in [-0.25, -0.2) is 0 Å². The van der Waals surface area contributed by atoms with Crippen molar-refractivity contribution >= 4 is 7.82 Å². The van der Waals surface area contributed by atoms with Crippen molar-refractivity contribution in [3.63, 3.8) is 0 Å². The van der Waals surface area contributed by atoms with Gasteiger partial charge in [0.1, 0.15) is 0 Å². The maximum atomic E-state index is 8.77. The minimum Gasteiger partial charge on any atom is -1.00 e. The molecule has 8 heavy (non-hydrogen) atoms. The minimum atomic E-state index is -4.89. The van der Waals surface area contributed by atoms with Crippen LogP contribution in [0.5, 0.6) is 0 Å². The molecule has 8 heteroatoms. The molecule has 4 nitrogen and oxygen atoms in total. The first-order chi connectivity index (χ1) is 2.00. The van der Waals surface area contributed by atoms with E-state index in [0.717, 1.165) is 0 Å². The molecule has 0 amide bonds. The smallest absolute Gasteiger partial charge is 1.00 e. The quantitative estimate of drug-likeness (QED) is 0.325. The Morgan fingerprint density at radius 3 is 1.38 bits per heavy atom. The fraction of sp³-hybridized carbons (Fsp3) is 0. The molecule has 0 bridgehead atoms. The maximum absolute atomic E-state index is 8.77. The third kappa shape index (κ3) is 60.0. The Hall–Kier alpha value is 3.23. The zero-order chi connectivity index (χ0) is 4.50. The molecule has 0 radical (unpaired) electrons. The summed E-state index contributed by atoms with van der Waals surface area (Å²) < 4.78 is 8.77. The molecule has 0 aromatic carbocycles. The number of phosphoric acid groups is 1. The second-order valence-corrected chi connectivity index (χ2v) is 1.47. The van der Waals surface area contributed by atoms with Gasteiger partial charge < -0.3 is 31.7 Å². The fourth-order valence-corrected chi connectivity index (χ4v) is 0. The van der Waals surface area contributed by atoms with E-state index in [-0.39, 0.29) is 97.9 Å². The monoisotopic (exact) mass is 238 g/mol. The average Bonchev–Trinajstić information content (AvgIpc) is 0.722. The van der Waals surface area contributed by atoms with Crippen molar-refractivity contribution < 1.29 is 117 Å². The summed E-state index contributed by atoms with van der Waals surface area (Å²) in [5.74, 6) is 0. The van der Waals surface area contributed by atoms with Gasteiger partial charge in [-0.1, -0.05) is 0 Å². The van der Waals surface area contributed by atoms with Crippen molar-refractivity contribution in [2.75, 3.05) is 0 Å². The number of hydrogen-bond acceptors (Lipinski definition) is 2. The van der Waals surface area contributed by atoms with Gasteiger partial charge in [0.05, 0.1) is 0 Å². The second-order valence-electron chi connectivity index (χ2n) is 0.491. The van der Waals surface area contributed by atoms with Crippen LogP contribution in [0.15, 0.2) is 0 Å². The third-order valence-corrected chi connectivity index (χ3v) is 0. The molecular weight excluding hydrogens is 237 g/mol. The zero-order valence-corrected chi connectivity index (χ0v) is 12.1. The molecule has 0 saturated carbocycles. The zero-order valence-electron chi connectivity index (χ0n) is 4.54. The molecule has 0 heterocycles. The molecule has 0 aromatic rings. The molecule has 0 aliphatic carbocycles. The molecule has 0 saturated heterocycles. The topological polar surface area (TPSA) is 80.6 Å². The van der Waals surface area contributed by atoms with Crippen LogP contribution < -0.4 is 103 Å². The van der Waals surface area contributed by atoms with Crippen molar-refractivity contribution in [1.82, 2.24) is 0 Å². The van der Waals surface area contributed by atoms with Gasteiger partial charge >= 0.3 is 80.9 Å². The van der Waals surface area contributed by atoms with E-state index in [2.05, 4.69) is 0 Å². The van der Waals surface area contributed by atoms with Crippen molar-refractivity contribution in [3.8, 4) is 0 Å². The van der Waals surface area contributed by atoms with E-state index in [4.69, 9.17) is 19.2 Å². The predicted molar refractivity (Wildman–Crippen MR) is 12.0 cm³/mol. The molecule has 0 aliphatic rings. The van der Waals surface area contributed by atoms with Gasteiger partial charge in [-0.3, -0.25) is 4.57 Å². The Morgan fingerprint density at radius 1 is 1.38 bits per heavy atom. The van der Waals surface area contributed by atoms with Crippen molar-refractivity contribution in [2.24, 2.45) is 0 Å². The Balaban J connectivity index is -0.0000000267. The average molecular weight is 239 g/mol. The van der Waals surface area contributed by atoms with Crippen LogP contribution in [0.4, 0.5) is 0 Å². The molecule has 0 aliphatic heterocycles. The molecule has 0 unspecified atom stereocenters. The normalized spacial score (nSPS) is 7.38. The summed E-state index contributed by atoms with van der Waals surface area (Å²) in [6.45, 7) is 0. The van der Waals surface area contributed by atoms with E-state index in [9.17, 15) is 0 Å². The summed E-state index contributed by atoms with van der Waals surface area (Å²) in [4.78, 5) is 22.9. The van der Waals surface area contributed by atoms with Crippen LogP contribution in [0.25, 0.3) is 0 Å². The second kappa shape index (κ2) is 10.2. The van der Waals surface area contributed by atoms with E-state index in [1.807, 2.05) is 0 Å². The van der Waals surface area contributed by atoms with Crippen LogP contribution in [-0.4, -0.2) is 9.79 Å². The van der Waals surface area contributed by atoms with E-state index in [1.54, 1.807) is 0 Å². The van der Waals surface area contributed by atoms with Gasteiger partial charge in [0.15, 0.2) is 0 Å². The summed E-state index contributed by atoms with van der Waals surface area (Å²) in [5.41, 5.74) is 0. The van der Waals surface area contributed by atoms with Crippen LogP contribution >= 0.6 is 7.82 Å². The summed E-state index contributed by atoms with van der Waals surface area (Å²) in [7, 11) is -4.89.